The van der Waals surface area contributed by atoms with Crippen LogP contribution in [0.1, 0.15) is 11.1 Å². The molecule has 0 aliphatic rings. The van der Waals surface area contributed by atoms with E-state index in [0.29, 0.717) is 28.6 Å². The first-order chi connectivity index (χ1) is 29.6. The maximum Gasteiger partial charge on any atom is 0.164 e. The maximum atomic E-state index is 9.84. The summed E-state index contributed by atoms with van der Waals surface area (Å²) in [7, 11) is 0. The van der Waals surface area contributed by atoms with Gasteiger partial charge in [0.15, 0.2) is 17.5 Å². The number of nitrogens with zero attached hydrogens (tertiary/aromatic N) is 6. The second-order valence-corrected chi connectivity index (χ2v) is 14.6. The lowest BCUT2D eigenvalue weighted by molar-refractivity contribution is 0.673. The van der Waals surface area contributed by atoms with Gasteiger partial charge in [0.25, 0.3) is 0 Å². The third kappa shape index (κ3) is 5.69. The Bertz CT molecular complexity index is 3400. The fraction of sp³-hybridized carbons (Fsp3) is 0. The zero-order valence-corrected chi connectivity index (χ0v) is 31.9. The third-order valence-corrected chi connectivity index (χ3v) is 11.1. The van der Waals surface area contributed by atoms with Gasteiger partial charge in [0.1, 0.15) is 11.2 Å². The largest absolute Gasteiger partial charge is 0.455 e. The highest BCUT2D eigenvalue weighted by Gasteiger charge is 2.25. The Morgan fingerprint density at radius 3 is 1.48 bits per heavy atom. The van der Waals surface area contributed by atoms with E-state index < -0.39 is 0 Å². The van der Waals surface area contributed by atoms with Crippen molar-refractivity contribution >= 4 is 43.7 Å². The minimum atomic E-state index is 0.505. The molecule has 278 valence electrons. The first-order valence-corrected chi connectivity index (χ1v) is 19.6. The second kappa shape index (κ2) is 14.1. The molecule has 0 atom stereocenters. The number of nitriles is 2. The van der Waals surface area contributed by atoms with Gasteiger partial charge in [-0.25, -0.2) is 15.0 Å². The molecule has 0 saturated heterocycles. The predicted molar refractivity (Wildman–Crippen MR) is 238 cm³/mol. The molecular formula is C53H30N6O. The van der Waals surface area contributed by atoms with E-state index in [1.54, 1.807) is 0 Å². The summed E-state index contributed by atoms with van der Waals surface area (Å²) in [6, 6.07) is 65.0. The van der Waals surface area contributed by atoms with Crippen LogP contribution in [-0.4, -0.2) is 19.5 Å². The van der Waals surface area contributed by atoms with Crippen LogP contribution in [0.4, 0.5) is 0 Å². The van der Waals surface area contributed by atoms with Crippen molar-refractivity contribution < 1.29 is 4.42 Å². The molecule has 0 unspecified atom stereocenters. The summed E-state index contributed by atoms with van der Waals surface area (Å²) in [5, 5.41) is 23.9. The van der Waals surface area contributed by atoms with Crippen molar-refractivity contribution in [3.05, 3.63) is 193 Å². The Hall–Kier alpha value is -8.65. The van der Waals surface area contributed by atoms with Gasteiger partial charge in [-0.2, -0.15) is 10.5 Å². The maximum absolute atomic E-state index is 9.84. The van der Waals surface area contributed by atoms with Gasteiger partial charge in [0.05, 0.1) is 45.4 Å². The number of benzene rings is 8. The SMILES string of the molecule is N#Cc1ccc(-c2cc(-c3nc(-c4ccccc4)nc(-c4ccccc4)n3)cc(-c3ccc(C#N)cc3)c2-n2c3ccccc3c3c4oc5ccccc5c4ccc32)cc1. The van der Waals surface area contributed by atoms with Crippen molar-refractivity contribution in [1.29, 1.82) is 10.5 Å². The van der Waals surface area contributed by atoms with Crippen LogP contribution in [0.5, 0.6) is 0 Å². The summed E-state index contributed by atoms with van der Waals surface area (Å²) in [4.78, 5) is 15.3. The van der Waals surface area contributed by atoms with Gasteiger partial charge in [-0.15, -0.1) is 0 Å². The summed E-state index contributed by atoms with van der Waals surface area (Å²) in [5.74, 6) is 1.62. The Labute approximate surface area is 344 Å². The topological polar surface area (TPSA) is 104 Å². The van der Waals surface area contributed by atoms with Crippen LogP contribution in [0.2, 0.25) is 0 Å². The highest BCUT2D eigenvalue weighted by atomic mass is 16.3. The molecular weight excluding hydrogens is 737 g/mol. The van der Waals surface area contributed by atoms with Crippen LogP contribution in [0.25, 0.3) is 106 Å². The molecule has 0 aliphatic heterocycles. The first kappa shape index (κ1) is 34.6. The van der Waals surface area contributed by atoms with Crippen LogP contribution in [0.15, 0.2) is 186 Å². The number of fused-ring (bicyclic) bond motifs is 7. The number of aromatic nitrogens is 4. The van der Waals surface area contributed by atoms with Crippen LogP contribution < -0.4 is 0 Å². The molecule has 0 spiro atoms. The number of hydrogen-bond acceptors (Lipinski definition) is 6. The van der Waals surface area contributed by atoms with Crippen LogP contribution in [0, 0.1) is 22.7 Å². The van der Waals surface area contributed by atoms with E-state index in [4.69, 9.17) is 19.4 Å². The van der Waals surface area contributed by atoms with E-state index >= 15 is 0 Å². The normalized spacial score (nSPS) is 11.3. The van der Waals surface area contributed by atoms with E-state index in [2.05, 4.69) is 71.3 Å². The van der Waals surface area contributed by atoms with Gasteiger partial charge in [-0.1, -0.05) is 121 Å². The van der Waals surface area contributed by atoms with Crippen molar-refractivity contribution in [1.82, 2.24) is 19.5 Å². The summed E-state index contributed by atoms with van der Waals surface area (Å²) >= 11 is 0. The number of para-hydroxylation sites is 2. The zero-order chi connectivity index (χ0) is 40.2. The number of furan rings is 1. The molecule has 0 radical (unpaired) electrons. The molecule has 7 heteroatoms. The highest BCUT2D eigenvalue weighted by molar-refractivity contribution is 6.24. The fourth-order valence-electron chi connectivity index (χ4n) is 8.31. The van der Waals surface area contributed by atoms with Crippen LogP contribution >= 0.6 is 0 Å². The predicted octanol–water partition coefficient (Wildman–Crippen LogP) is 12.9. The number of rotatable bonds is 6. The minimum absolute atomic E-state index is 0.505. The van der Waals surface area contributed by atoms with Crippen molar-refractivity contribution in [3.63, 3.8) is 0 Å². The molecule has 0 bridgehead atoms. The van der Waals surface area contributed by atoms with Gasteiger partial charge in [-0.3, -0.25) is 0 Å². The Kier molecular flexibility index (Phi) is 8.11. The van der Waals surface area contributed by atoms with Gasteiger partial charge >= 0.3 is 0 Å². The molecule has 3 aromatic heterocycles. The average molecular weight is 767 g/mol. The summed E-state index contributed by atoms with van der Waals surface area (Å²) < 4.78 is 9.00. The van der Waals surface area contributed by atoms with Crippen molar-refractivity contribution in [2.24, 2.45) is 0 Å². The lowest BCUT2D eigenvalue weighted by atomic mass is 9.91. The molecule has 11 rings (SSSR count). The highest BCUT2D eigenvalue weighted by Crippen LogP contribution is 2.46. The van der Waals surface area contributed by atoms with E-state index in [0.717, 1.165) is 88.4 Å². The molecule has 3 heterocycles. The number of hydrogen-bond donors (Lipinski definition) is 0. The monoisotopic (exact) mass is 766 g/mol. The van der Waals surface area contributed by atoms with E-state index in [-0.39, 0.29) is 0 Å². The van der Waals surface area contributed by atoms with Gasteiger partial charge in [0.2, 0.25) is 0 Å². The fourth-order valence-corrected chi connectivity index (χ4v) is 8.31. The second-order valence-electron chi connectivity index (χ2n) is 14.6. The molecule has 0 N–H and O–H groups in total. The van der Waals surface area contributed by atoms with Gasteiger partial charge in [-0.05, 0) is 71.8 Å². The van der Waals surface area contributed by atoms with Gasteiger partial charge in [0, 0.05) is 44.0 Å². The molecule has 7 nitrogen and oxygen atoms in total. The quantitative estimate of drug-likeness (QED) is 0.167. The third-order valence-electron chi connectivity index (χ3n) is 11.1. The molecule has 8 aromatic carbocycles. The average Bonchev–Trinajstić information content (AvgIpc) is 3.87. The van der Waals surface area contributed by atoms with Crippen LogP contribution in [-0.2, 0) is 0 Å². The lowest BCUT2D eigenvalue weighted by Crippen LogP contribution is -2.04. The Balaban J connectivity index is 1.28. The summed E-state index contributed by atoms with van der Waals surface area (Å²) in [6.45, 7) is 0. The molecule has 0 amide bonds. The smallest absolute Gasteiger partial charge is 0.164 e. The standard InChI is InChI=1S/C53H30N6O/c54-31-33-19-23-35(24-20-33)43-29-39(53-57-51(37-11-3-1-4-12-37)56-52(58-53)38-13-5-2-6-14-38)30-44(36-25-21-34(32-55)22-26-36)49(43)59-45-17-9-7-16-42(45)48-46(59)28-27-41-40-15-8-10-18-47(40)60-50(41)48/h1-30H. The zero-order valence-electron chi connectivity index (χ0n) is 31.9. The van der Waals surface area contributed by atoms with Crippen molar-refractivity contribution in [2.75, 3.05) is 0 Å². The molecule has 0 fully saturated rings. The van der Waals surface area contributed by atoms with Crippen molar-refractivity contribution in [2.45, 2.75) is 0 Å². The van der Waals surface area contributed by atoms with E-state index in [9.17, 15) is 10.5 Å². The van der Waals surface area contributed by atoms with E-state index in [1.807, 2.05) is 127 Å². The van der Waals surface area contributed by atoms with Crippen molar-refractivity contribution in [3.8, 4) is 74.2 Å². The molecule has 0 aliphatic carbocycles. The molecule has 11 aromatic rings. The Morgan fingerprint density at radius 1 is 0.417 bits per heavy atom. The lowest BCUT2D eigenvalue weighted by Gasteiger charge is -2.21. The first-order valence-electron chi connectivity index (χ1n) is 19.6. The summed E-state index contributed by atoms with van der Waals surface area (Å²) in [5.41, 5.74) is 11.8. The summed E-state index contributed by atoms with van der Waals surface area (Å²) in [6.07, 6.45) is 0. The van der Waals surface area contributed by atoms with Gasteiger partial charge < -0.3 is 8.98 Å². The minimum Gasteiger partial charge on any atom is -0.455 e. The Morgan fingerprint density at radius 2 is 0.917 bits per heavy atom. The molecule has 0 saturated carbocycles. The van der Waals surface area contributed by atoms with Crippen LogP contribution in [0.3, 0.4) is 0 Å². The molecule has 60 heavy (non-hydrogen) atoms. The van der Waals surface area contributed by atoms with E-state index in [1.165, 1.54) is 0 Å².